The third kappa shape index (κ3) is 3.75. The van der Waals surface area contributed by atoms with E-state index >= 15 is 0 Å². The summed E-state index contributed by atoms with van der Waals surface area (Å²) >= 11 is 0. The number of rotatable bonds is 0. The van der Waals surface area contributed by atoms with Crippen molar-refractivity contribution in [1.29, 1.82) is 0 Å². The topological polar surface area (TPSA) is 20.2 Å². The monoisotopic (exact) mass is 98.0 g/mol. The summed E-state index contributed by atoms with van der Waals surface area (Å²) in [5.41, 5.74) is 0. The van der Waals surface area contributed by atoms with Gasteiger partial charge in [0.05, 0.1) is 0 Å². The fraction of sp³-hybridized carbons (Fsp3) is 0.500. The average molecular weight is 98.0 g/mol. The van der Waals surface area contributed by atoms with Gasteiger partial charge in [-0.15, -0.1) is 0 Å². The van der Waals surface area contributed by atoms with Crippen LogP contribution in [0.5, 0.6) is 0 Å². The summed E-state index contributed by atoms with van der Waals surface area (Å²) in [4.78, 5) is 0. The molecule has 2 radical (unpaired) electrons. The molecule has 0 rings (SSSR count). The Morgan fingerprint density at radius 1 is 1.33 bits per heavy atom. The van der Waals surface area contributed by atoms with Gasteiger partial charge in [0.15, 0.2) is 0 Å². The molecule has 0 unspecified atom stereocenters. The summed E-state index contributed by atoms with van der Waals surface area (Å²) in [7, 11) is 0. The first-order valence-corrected chi connectivity index (χ1v) is 1.04. The van der Waals surface area contributed by atoms with Crippen LogP contribution in [-0.2, 0) is 0 Å². The van der Waals surface area contributed by atoms with Crippen molar-refractivity contribution in [3.05, 3.63) is 6.61 Å². The average Bonchev–Trinajstić information content (AvgIpc) is 1.35. The Balaban J connectivity index is 3.17. The molecule has 0 heterocycles. The zero-order valence-electron chi connectivity index (χ0n) is 2.58. The van der Waals surface area contributed by atoms with Crippen molar-refractivity contribution in [3.63, 3.8) is 0 Å². The highest BCUT2D eigenvalue weighted by Gasteiger charge is 2.27. The molecule has 1 nitrogen and oxygen atoms in total. The van der Waals surface area contributed by atoms with Gasteiger partial charge in [0, 0.05) is 0 Å². The second kappa shape index (κ2) is 1.47. The maximum Gasteiger partial charge on any atom is 0.423 e. The minimum absolute atomic E-state index is 0.104. The summed E-state index contributed by atoms with van der Waals surface area (Å²) in [6.45, 7) is 0.104. The van der Waals surface area contributed by atoms with Gasteiger partial charge in [-0.2, -0.15) is 13.2 Å². The second-order valence-electron chi connectivity index (χ2n) is 0.610. The third-order valence-corrected chi connectivity index (χ3v) is 0.127. The van der Waals surface area contributed by atoms with E-state index in [2.05, 4.69) is 0 Å². The molecule has 0 aliphatic carbocycles. The van der Waals surface area contributed by atoms with E-state index in [1.807, 2.05) is 0 Å². The van der Waals surface area contributed by atoms with Crippen molar-refractivity contribution in [2.24, 2.45) is 0 Å². The number of aliphatic hydroxyl groups is 1. The minimum Gasteiger partial charge on any atom is -0.375 e. The Bertz CT molecular complexity index is 38.5. The molecule has 0 bridgehead atoms. The van der Waals surface area contributed by atoms with E-state index in [-0.39, 0.29) is 6.61 Å². The van der Waals surface area contributed by atoms with Crippen molar-refractivity contribution in [2.75, 3.05) is 0 Å². The van der Waals surface area contributed by atoms with Crippen LogP contribution in [0.1, 0.15) is 0 Å². The lowest BCUT2D eigenvalue weighted by Crippen LogP contribution is -2.05. The molecular formula is C2HF3O. The fourth-order valence-corrected chi connectivity index (χ4v) is 0. The Kier molecular flexibility index (Phi) is 1.40. The van der Waals surface area contributed by atoms with Crippen LogP contribution in [-0.4, -0.2) is 11.3 Å². The van der Waals surface area contributed by atoms with Gasteiger partial charge < -0.3 is 5.11 Å². The van der Waals surface area contributed by atoms with Crippen LogP contribution in [0.3, 0.4) is 0 Å². The number of aliphatic hydroxyl groups excluding tert-OH is 1. The van der Waals surface area contributed by atoms with Gasteiger partial charge in [-0.05, 0) is 0 Å². The Hall–Kier alpha value is -0.250. The van der Waals surface area contributed by atoms with Gasteiger partial charge in [0.2, 0.25) is 6.61 Å². The van der Waals surface area contributed by atoms with Gasteiger partial charge in [-0.3, -0.25) is 0 Å². The summed E-state index contributed by atoms with van der Waals surface area (Å²) < 4.78 is 31.3. The number of alkyl halides is 3. The smallest absolute Gasteiger partial charge is 0.375 e. The Morgan fingerprint density at radius 3 is 1.50 bits per heavy atom. The van der Waals surface area contributed by atoms with Crippen molar-refractivity contribution >= 4 is 0 Å². The predicted octanol–water partition coefficient (Wildman–Crippen LogP) is 0.960. The standard InChI is InChI=1S/C2HF3O/c3-2(4,5)1-6/h6H. The molecule has 0 fully saturated rings. The fourth-order valence-electron chi connectivity index (χ4n) is 0. The summed E-state index contributed by atoms with van der Waals surface area (Å²) in [5, 5.41) is 7.03. The van der Waals surface area contributed by atoms with Gasteiger partial charge in [0.1, 0.15) is 0 Å². The number of hydrogen-bond acceptors (Lipinski definition) is 1. The molecule has 0 saturated carbocycles. The van der Waals surface area contributed by atoms with Crippen LogP contribution in [0, 0.1) is 6.61 Å². The van der Waals surface area contributed by atoms with Gasteiger partial charge in [-0.25, -0.2) is 0 Å². The highest BCUT2D eigenvalue weighted by atomic mass is 19.4. The molecule has 0 atom stereocenters. The lowest BCUT2D eigenvalue weighted by atomic mass is 10.7. The largest absolute Gasteiger partial charge is 0.423 e. The normalized spacial score (nSPS) is 12.0. The molecule has 0 aliphatic heterocycles. The minimum atomic E-state index is -4.65. The summed E-state index contributed by atoms with van der Waals surface area (Å²) in [6, 6.07) is 0. The van der Waals surface area contributed by atoms with Gasteiger partial charge in [-0.1, -0.05) is 0 Å². The SMILES string of the molecule is O[C]C(F)(F)F. The van der Waals surface area contributed by atoms with Crippen LogP contribution in [0.25, 0.3) is 0 Å². The van der Waals surface area contributed by atoms with E-state index in [1.165, 1.54) is 0 Å². The van der Waals surface area contributed by atoms with Crippen LogP contribution in [0.15, 0.2) is 0 Å². The van der Waals surface area contributed by atoms with Crippen molar-refractivity contribution in [3.8, 4) is 0 Å². The van der Waals surface area contributed by atoms with E-state index in [1.54, 1.807) is 0 Å². The van der Waals surface area contributed by atoms with Crippen LogP contribution in [0.2, 0.25) is 0 Å². The maximum absolute atomic E-state index is 10.4. The van der Waals surface area contributed by atoms with E-state index in [0.29, 0.717) is 0 Å². The molecule has 0 amide bonds. The lowest BCUT2D eigenvalue weighted by Gasteiger charge is -1.93. The van der Waals surface area contributed by atoms with E-state index in [0.717, 1.165) is 0 Å². The molecule has 1 N–H and O–H groups in total. The molecule has 4 heteroatoms. The molecule has 6 heavy (non-hydrogen) atoms. The molecule has 0 saturated heterocycles. The second-order valence-corrected chi connectivity index (χ2v) is 0.610. The number of hydrogen-bond donors (Lipinski definition) is 1. The molecule has 0 aromatic carbocycles. The summed E-state index contributed by atoms with van der Waals surface area (Å²) in [5.74, 6) is 0. The van der Waals surface area contributed by atoms with E-state index in [4.69, 9.17) is 5.11 Å². The molecule has 0 aromatic rings. The van der Waals surface area contributed by atoms with Gasteiger partial charge in [0.25, 0.3) is 0 Å². The highest BCUT2D eigenvalue weighted by Crippen LogP contribution is 2.14. The number of halogens is 3. The molecule has 0 aliphatic rings. The lowest BCUT2D eigenvalue weighted by molar-refractivity contribution is -0.126. The van der Waals surface area contributed by atoms with Crippen LogP contribution < -0.4 is 0 Å². The Labute approximate surface area is 32.4 Å². The first kappa shape index (κ1) is 5.75. The van der Waals surface area contributed by atoms with Crippen molar-refractivity contribution in [1.82, 2.24) is 0 Å². The van der Waals surface area contributed by atoms with Crippen molar-refractivity contribution in [2.45, 2.75) is 6.18 Å². The Morgan fingerprint density at radius 2 is 1.50 bits per heavy atom. The summed E-state index contributed by atoms with van der Waals surface area (Å²) in [6.07, 6.45) is -4.65. The first-order valence-electron chi connectivity index (χ1n) is 1.04. The molecular weight excluding hydrogens is 97.0 g/mol. The van der Waals surface area contributed by atoms with Crippen LogP contribution >= 0.6 is 0 Å². The molecule has 0 spiro atoms. The van der Waals surface area contributed by atoms with E-state index < -0.39 is 6.18 Å². The first-order chi connectivity index (χ1) is 2.56. The van der Waals surface area contributed by atoms with Crippen LogP contribution in [0.4, 0.5) is 13.2 Å². The molecule has 0 aromatic heterocycles. The third-order valence-electron chi connectivity index (χ3n) is 0.127. The highest BCUT2D eigenvalue weighted by molar-refractivity contribution is 4.56. The zero-order chi connectivity index (χ0) is 5.21. The van der Waals surface area contributed by atoms with Crippen molar-refractivity contribution < 1.29 is 18.3 Å². The molecule has 36 valence electrons. The van der Waals surface area contributed by atoms with Gasteiger partial charge >= 0.3 is 6.18 Å². The zero-order valence-corrected chi connectivity index (χ0v) is 2.58. The van der Waals surface area contributed by atoms with E-state index in [9.17, 15) is 13.2 Å². The predicted molar refractivity (Wildman–Crippen MR) is 11.2 cm³/mol. The maximum atomic E-state index is 10.4. The quantitative estimate of drug-likeness (QED) is 0.478.